The number of aromatic nitrogens is 2. The van der Waals surface area contributed by atoms with Crippen LogP contribution in [0.3, 0.4) is 0 Å². The van der Waals surface area contributed by atoms with Crippen molar-refractivity contribution in [3.8, 4) is 17.0 Å². The van der Waals surface area contributed by atoms with Crippen LogP contribution in [0.25, 0.3) is 11.3 Å². The Morgan fingerprint density at radius 3 is 2.53 bits per heavy atom. The Morgan fingerprint density at radius 1 is 1.10 bits per heavy atom. The molecule has 0 saturated heterocycles. The first-order valence-corrected chi connectivity index (χ1v) is 8.91. The molecule has 1 unspecified atom stereocenters. The van der Waals surface area contributed by atoms with Crippen molar-refractivity contribution in [2.75, 3.05) is 12.4 Å². The lowest BCUT2D eigenvalue weighted by Gasteiger charge is -2.16. The van der Waals surface area contributed by atoms with E-state index in [0.29, 0.717) is 17.0 Å². The fraction of sp³-hybridized carbons (Fsp3) is 0.190. The number of nitrogens with zero attached hydrogens (tertiary/aromatic N) is 2. The minimum Gasteiger partial charge on any atom is -0.497 e. The summed E-state index contributed by atoms with van der Waals surface area (Å²) in [6.07, 6.45) is -4.53. The summed E-state index contributed by atoms with van der Waals surface area (Å²) in [6, 6.07) is 13.0. The molecule has 0 aliphatic carbocycles. The first-order chi connectivity index (χ1) is 14.2. The molecule has 1 N–H and O–H groups in total. The van der Waals surface area contributed by atoms with Gasteiger partial charge in [0.15, 0.2) is 0 Å². The molecule has 0 radical (unpaired) electrons. The summed E-state index contributed by atoms with van der Waals surface area (Å²) in [5.74, 6) is -0.0749. The SMILES string of the molecule is COc1cccc(-c2ccc(=O)n(C(C)C(=O)Nc3cccc(C(F)(F)F)c3)n2)c1. The fourth-order valence-corrected chi connectivity index (χ4v) is 2.77. The first-order valence-electron chi connectivity index (χ1n) is 8.91. The minimum absolute atomic E-state index is 0.0290. The summed E-state index contributed by atoms with van der Waals surface area (Å²) in [7, 11) is 1.52. The predicted octanol–water partition coefficient (Wildman–Crippen LogP) is 4.14. The molecule has 0 aliphatic rings. The molecule has 1 heterocycles. The predicted molar refractivity (Wildman–Crippen MR) is 105 cm³/mol. The number of hydrogen-bond acceptors (Lipinski definition) is 4. The molecule has 0 spiro atoms. The maximum absolute atomic E-state index is 12.9. The summed E-state index contributed by atoms with van der Waals surface area (Å²) in [4.78, 5) is 24.8. The topological polar surface area (TPSA) is 73.2 Å². The molecule has 0 bridgehead atoms. The number of methoxy groups -OCH3 is 1. The van der Waals surface area contributed by atoms with E-state index in [0.717, 1.165) is 16.8 Å². The number of rotatable bonds is 5. The highest BCUT2D eigenvalue weighted by atomic mass is 19.4. The van der Waals surface area contributed by atoms with Gasteiger partial charge in [0.05, 0.1) is 18.4 Å². The highest BCUT2D eigenvalue weighted by Gasteiger charge is 2.30. The van der Waals surface area contributed by atoms with Gasteiger partial charge in [-0.25, -0.2) is 4.68 Å². The summed E-state index contributed by atoms with van der Waals surface area (Å²) in [6.45, 7) is 1.44. The quantitative estimate of drug-likeness (QED) is 0.677. The minimum atomic E-state index is -4.53. The van der Waals surface area contributed by atoms with E-state index in [1.54, 1.807) is 24.3 Å². The second-order valence-electron chi connectivity index (χ2n) is 6.48. The molecule has 1 amide bonds. The van der Waals surface area contributed by atoms with Gasteiger partial charge in [0.1, 0.15) is 11.8 Å². The normalized spacial score (nSPS) is 12.3. The molecule has 30 heavy (non-hydrogen) atoms. The zero-order valence-corrected chi connectivity index (χ0v) is 16.1. The van der Waals surface area contributed by atoms with E-state index in [2.05, 4.69) is 10.4 Å². The van der Waals surface area contributed by atoms with Crippen molar-refractivity contribution in [3.05, 3.63) is 76.6 Å². The van der Waals surface area contributed by atoms with Crippen molar-refractivity contribution in [2.24, 2.45) is 0 Å². The van der Waals surface area contributed by atoms with Crippen molar-refractivity contribution < 1.29 is 22.7 Å². The standard InChI is InChI=1S/C21H18F3N3O3/c1-13(20(29)25-16-7-4-6-15(12-16)21(22,23)24)27-19(28)10-9-18(26-27)14-5-3-8-17(11-14)30-2/h3-13H,1-2H3,(H,25,29). The van der Waals surface area contributed by atoms with Gasteiger partial charge in [-0.15, -0.1) is 0 Å². The number of carbonyl (C=O) groups is 1. The summed E-state index contributed by atoms with van der Waals surface area (Å²) in [5, 5.41) is 6.64. The first kappa shape index (κ1) is 21.1. The monoisotopic (exact) mass is 417 g/mol. The molecule has 0 saturated carbocycles. The van der Waals surface area contributed by atoms with Gasteiger partial charge in [0.25, 0.3) is 5.56 Å². The Balaban J connectivity index is 1.86. The van der Waals surface area contributed by atoms with E-state index in [4.69, 9.17) is 4.74 Å². The molecule has 1 atom stereocenters. The third kappa shape index (κ3) is 4.68. The highest BCUT2D eigenvalue weighted by Crippen LogP contribution is 2.30. The van der Waals surface area contributed by atoms with Crippen LogP contribution in [0.5, 0.6) is 5.75 Å². The number of benzene rings is 2. The molecule has 3 rings (SSSR count). The number of ether oxygens (including phenoxy) is 1. The number of carbonyl (C=O) groups excluding carboxylic acids is 1. The van der Waals surface area contributed by atoms with Gasteiger partial charge in [0.2, 0.25) is 5.91 Å². The molecule has 9 heteroatoms. The van der Waals surface area contributed by atoms with Gasteiger partial charge < -0.3 is 10.1 Å². The molecular weight excluding hydrogens is 399 g/mol. The van der Waals surface area contributed by atoms with Gasteiger partial charge in [0, 0.05) is 17.3 Å². The van der Waals surface area contributed by atoms with Crippen LogP contribution in [0, 0.1) is 0 Å². The fourth-order valence-electron chi connectivity index (χ4n) is 2.77. The van der Waals surface area contributed by atoms with E-state index in [1.165, 1.54) is 38.3 Å². The molecular formula is C21H18F3N3O3. The average Bonchev–Trinajstić information content (AvgIpc) is 2.73. The molecule has 0 aliphatic heterocycles. The van der Waals surface area contributed by atoms with Crippen LogP contribution in [0.1, 0.15) is 18.5 Å². The van der Waals surface area contributed by atoms with E-state index in [1.807, 2.05) is 0 Å². The Labute approximate surface area is 169 Å². The zero-order chi connectivity index (χ0) is 21.9. The van der Waals surface area contributed by atoms with E-state index >= 15 is 0 Å². The highest BCUT2D eigenvalue weighted by molar-refractivity contribution is 5.93. The van der Waals surface area contributed by atoms with Gasteiger partial charge in [-0.1, -0.05) is 18.2 Å². The van der Waals surface area contributed by atoms with Crippen LogP contribution in [0.2, 0.25) is 0 Å². The lowest BCUT2D eigenvalue weighted by molar-refractivity contribution is -0.137. The number of anilines is 1. The van der Waals surface area contributed by atoms with Crippen LogP contribution < -0.4 is 15.6 Å². The zero-order valence-electron chi connectivity index (χ0n) is 16.1. The lowest BCUT2D eigenvalue weighted by Crippen LogP contribution is -2.33. The number of amides is 1. The maximum atomic E-state index is 12.9. The van der Waals surface area contributed by atoms with Gasteiger partial charge in [-0.05, 0) is 43.3 Å². The van der Waals surface area contributed by atoms with Crippen LogP contribution in [0.4, 0.5) is 18.9 Å². The van der Waals surface area contributed by atoms with Crippen LogP contribution >= 0.6 is 0 Å². The Morgan fingerprint density at radius 2 is 1.83 bits per heavy atom. The molecule has 1 aromatic heterocycles. The van der Waals surface area contributed by atoms with Gasteiger partial charge >= 0.3 is 6.18 Å². The Kier molecular flexibility index (Phi) is 5.91. The Hall–Kier alpha value is -3.62. The lowest BCUT2D eigenvalue weighted by atomic mass is 10.1. The van der Waals surface area contributed by atoms with Crippen molar-refractivity contribution in [3.63, 3.8) is 0 Å². The summed E-state index contributed by atoms with van der Waals surface area (Å²) >= 11 is 0. The van der Waals surface area contributed by atoms with Crippen molar-refractivity contribution in [1.29, 1.82) is 0 Å². The molecule has 156 valence electrons. The van der Waals surface area contributed by atoms with Crippen LogP contribution in [-0.2, 0) is 11.0 Å². The molecule has 2 aromatic carbocycles. The third-order valence-electron chi connectivity index (χ3n) is 4.39. The second kappa shape index (κ2) is 8.40. The number of alkyl halides is 3. The average molecular weight is 417 g/mol. The third-order valence-corrected chi connectivity index (χ3v) is 4.39. The Bertz CT molecular complexity index is 1130. The largest absolute Gasteiger partial charge is 0.497 e. The van der Waals surface area contributed by atoms with Gasteiger partial charge in [-0.2, -0.15) is 18.3 Å². The van der Waals surface area contributed by atoms with Crippen molar-refractivity contribution >= 4 is 11.6 Å². The molecule has 0 fully saturated rings. The van der Waals surface area contributed by atoms with Crippen molar-refractivity contribution in [1.82, 2.24) is 9.78 Å². The van der Waals surface area contributed by atoms with Crippen LogP contribution in [-0.4, -0.2) is 22.8 Å². The van der Waals surface area contributed by atoms with E-state index in [-0.39, 0.29) is 5.69 Å². The number of halogens is 3. The molecule has 3 aromatic rings. The number of hydrogen-bond donors (Lipinski definition) is 1. The van der Waals surface area contributed by atoms with Crippen molar-refractivity contribution in [2.45, 2.75) is 19.1 Å². The summed E-state index contributed by atoms with van der Waals surface area (Å²) < 4.78 is 44.8. The van der Waals surface area contributed by atoms with Gasteiger partial charge in [-0.3, -0.25) is 9.59 Å². The summed E-state index contributed by atoms with van der Waals surface area (Å²) in [5.41, 5.74) is -0.323. The van der Waals surface area contributed by atoms with Crippen LogP contribution in [0.15, 0.2) is 65.5 Å². The molecule has 6 nitrogen and oxygen atoms in total. The van der Waals surface area contributed by atoms with E-state index < -0.39 is 29.2 Å². The number of nitrogens with one attached hydrogen (secondary N) is 1. The second-order valence-corrected chi connectivity index (χ2v) is 6.48. The maximum Gasteiger partial charge on any atom is 0.416 e. The van der Waals surface area contributed by atoms with E-state index in [9.17, 15) is 22.8 Å². The smallest absolute Gasteiger partial charge is 0.416 e.